The van der Waals surface area contributed by atoms with E-state index >= 15 is 0 Å². The van der Waals surface area contributed by atoms with Crippen LogP contribution in [0.3, 0.4) is 0 Å². The minimum atomic E-state index is -0.295. The van der Waals surface area contributed by atoms with Gasteiger partial charge in [-0.25, -0.2) is 4.39 Å². The molecule has 168 valence electrons. The van der Waals surface area contributed by atoms with Crippen LogP contribution in [0, 0.1) is 5.82 Å². The zero-order valence-electron chi connectivity index (χ0n) is 18.0. The summed E-state index contributed by atoms with van der Waals surface area (Å²) >= 11 is 7.41. The van der Waals surface area contributed by atoms with Gasteiger partial charge in [0.25, 0.3) is 0 Å². The third-order valence-corrected chi connectivity index (χ3v) is 6.24. The maximum atomic E-state index is 13.1. The van der Waals surface area contributed by atoms with E-state index in [-0.39, 0.29) is 17.5 Å². The molecule has 1 aromatic heterocycles. The largest absolute Gasteiger partial charge is 0.341 e. The third kappa shape index (κ3) is 6.00. The molecule has 8 heteroatoms. The lowest BCUT2D eigenvalue weighted by atomic mass is 10.1. The zero-order chi connectivity index (χ0) is 23.2. The predicted octanol–water partition coefficient (Wildman–Crippen LogP) is 5.40. The number of halogens is 2. The molecule has 0 N–H and O–H groups in total. The van der Waals surface area contributed by atoms with Crippen molar-refractivity contribution in [3.8, 4) is 5.69 Å². The van der Waals surface area contributed by atoms with Gasteiger partial charge >= 0.3 is 0 Å². The molecular weight excluding hydrogens is 459 g/mol. The van der Waals surface area contributed by atoms with Crippen molar-refractivity contribution in [2.75, 3.05) is 12.8 Å². The Morgan fingerprint density at radius 3 is 2.36 bits per heavy atom. The van der Waals surface area contributed by atoms with Crippen LogP contribution in [0.2, 0.25) is 5.02 Å². The van der Waals surface area contributed by atoms with E-state index in [1.807, 2.05) is 59.2 Å². The minimum Gasteiger partial charge on any atom is -0.341 e. The van der Waals surface area contributed by atoms with Crippen LogP contribution in [-0.2, 0) is 17.8 Å². The van der Waals surface area contributed by atoms with Crippen LogP contribution in [0.15, 0.2) is 84.0 Å². The first-order chi connectivity index (χ1) is 16.0. The second-order valence-corrected chi connectivity index (χ2v) is 8.92. The maximum absolute atomic E-state index is 13.1. The van der Waals surface area contributed by atoms with E-state index in [0.717, 1.165) is 22.6 Å². The van der Waals surface area contributed by atoms with Gasteiger partial charge in [0.05, 0.1) is 5.75 Å². The van der Waals surface area contributed by atoms with Crippen molar-refractivity contribution >= 4 is 29.3 Å². The number of benzene rings is 3. The summed E-state index contributed by atoms with van der Waals surface area (Å²) in [7, 11) is 1.73. The van der Waals surface area contributed by atoms with E-state index in [4.69, 9.17) is 11.6 Å². The van der Waals surface area contributed by atoms with Crippen LogP contribution in [0.4, 0.5) is 4.39 Å². The third-order valence-electron chi connectivity index (χ3n) is 5.07. The Hall–Kier alpha value is -3.16. The van der Waals surface area contributed by atoms with Gasteiger partial charge in [-0.05, 0) is 47.5 Å². The fraction of sp³-hybridized carbons (Fsp3) is 0.160. The van der Waals surface area contributed by atoms with E-state index in [2.05, 4.69) is 10.2 Å². The summed E-state index contributed by atoms with van der Waals surface area (Å²) in [5, 5.41) is 10.0. The molecule has 0 bridgehead atoms. The summed E-state index contributed by atoms with van der Waals surface area (Å²) in [6, 6.07) is 23.6. The number of hydrogen-bond donors (Lipinski definition) is 0. The summed E-state index contributed by atoms with van der Waals surface area (Å²) in [6.07, 6.45) is 0.607. The fourth-order valence-electron chi connectivity index (χ4n) is 3.32. The highest BCUT2D eigenvalue weighted by Crippen LogP contribution is 2.25. The molecule has 4 rings (SSSR count). The van der Waals surface area contributed by atoms with E-state index < -0.39 is 0 Å². The Balaban J connectivity index is 1.51. The summed E-state index contributed by atoms with van der Waals surface area (Å²) in [5.74, 6) is 0.628. The molecule has 0 unspecified atom stereocenters. The van der Waals surface area contributed by atoms with Crippen LogP contribution in [0.25, 0.3) is 5.69 Å². The van der Waals surface area contributed by atoms with Crippen molar-refractivity contribution in [2.45, 2.75) is 18.1 Å². The molecule has 0 aliphatic heterocycles. The van der Waals surface area contributed by atoms with Crippen molar-refractivity contribution in [2.24, 2.45) is 0 Å². The first kappa shape index (κ1) is 23.0. The molecule has 0 radical (unpaired) electrons. The van der Waals surface area contributed by atoms with Crippen LogP contribution in [0.5, 0.6) is 0 Å². The first-order valence-corrected chi connectivity index (χ1v) is 11.7. The maximum Gasteiger partial charge on any atom is 0.233 e. The molecule has 4 aromatic rings. The molecule has 5 nitrogen and oxygen atoms in total. The summed E-state index contributed by atoms with van der Waals surface area (Å²) in [5.41, 5.74) is 2.86. The van der Waals surface area contributed by atoms with Gasteiger partial charge in [-0.3, -0.25) is 9.36 Å². The monoisotopic (exact) mass is 480 g/mol. The second kappa shape index (κ2) is 10.6. The van der Waals surface area contributed by atoms with Gasteiger partial charge in [-0.15, -0.1) is 10.2 Å². The Morgan fingerprint density at radius 2 is 1.67 bits per heavy atom. The summed E-state index contributed by atoms with van der Waals surface area (Å²) in [4.78, 5) is 14.4. The van der Waals surface area contributed by atoms with Gasteiger partial charge in [0, 0.05) is 30.7 Å². The zero-order valence-corrected chi connectivity index (χ0v) is 19.6. The lowest BCUT2D eigenvalue weighted by molar-refractivity contribution is -0.127. The van der Waals surface area contributed by atoms with Gasteiger partial charge in [0.2, 0.25) is 5.91 Å². The van der Waals surface area contributed by atoms with E-state index in [9.17, 15) is 9.18 Å². The number of hydrogen-bond acceptors (Lipinski definition) is 4. The lowest BCUT2D eigenvalue weighted by Gasteiger charge is -2.17. The van der Waals surface area contributed by atoms with Crippen LogP contribution >= 0.6 is 23.4 Å². The molecule has 0 aliphatic carbocycles. The molecule has 33 heavy (non-hydrogen) atoms. The molecule has 1 heterocycles. The average molecular weight is 481 g/mol. The van der Waals surface area contributed by atoms with Gasteiger partial charge in [0.1, 0.15) is 11.6 Å². The number of nitrogens with zero attached hydrogens (tertiary/aromatic N) is 4. The van der Waals surface area contributed by atoms with Crippen molar-refractivity contribution in [1.82, 2.24) is 19.7 Å². The molecule has 0 fully saturated rings. The van der Waals surface area contributed by atoms with Crippen molar-refractivity contribution in [3.63, 3.8) is 0 Å². The summed E-state index contributed by atoms with van der Waals surface area (Å²) < 4.78 is 15.1. The lowest BCUT2D eigenvalue weighted by Crippen LogP contribution is -2.27. The van der Waals surface area contributed by atoms with Crippen molar-refractivity contribution < 1.29 is 9.18 Å². The van der Waals surface area contributed by atoms with Crippen LogP contribution in [0.1, 0.15) is 17.0 Å². The highest BCUT2D eigenvalue weighted by atomic mass is 35.5. The molecule has 1 amide bonds. The average Bonchev–Trinajstić information content (AvgIpc) is 3.22. The van der Waals surface area contributed by atoms with Crippen molar-refractivity contribution in [3.05, 3.63) is 107 Å². The van der Waals surface area contributed by atoms with Gasteiger partial charge in [-0.2, -0.15) is 0 Å². The Bertz CT molecular complexity index is 1210. The van der Waals surface area contributed by atoms with Crippen molar-refractivity contribution in [1.29, 1.82) is 0 Å². The smallest absolute Gasteiger partial charge is 0.233 e. The molecule has 0 saturated carbocycles. The molecule has 0 aliphatic rings. The SMILES string of the molecule is CN(Cc1ccc(F)cc1)C(=O)CSc1nnc(Cc2ccccc2)n1-c1ccc(Cl)cc1. The number of carbonyl (C=O) groups is 1. The number of thioether (sulfide) groups is 1. The van der Waals surface area contributed by atoms with E-state index in [1.54, 1.807) is 24.1 Å². The minimum absolute atomic E-state index is 0.0559. The molecule has 0 atom stereocenters. The number of aromatic nitrogens is 3. The Kier molecular flexibility index (Phi) is 7.42. The number of amides is 1. The molecule has 3 aromatic carbocycles. The molecule has 0 saturated heterocycles. The number of carbonyl (C=O) groups excluding carboxylic acids is 1. The van der Waals surface area contributed by atoms with E-state index in [1.165, 1.54) is 23.9 Å². The molecule has 0 spiro atoms. The van der Waals surface area contributed by atoms with Crippen LogP contribution in [-0.4, -0.2) is 38.4 Å². The predicted molar refractivity (Wildman–Crippen MR) is 129 cm³/mol. The normalized spacial score (nSPS) is 10.9. The Labute approximate surface area is 201 Å². The number of rotatable bonds is 8. The fourth-order valence-corrected chi connectivity index (χ4v) is 4.36. The first-order valence-electron chi connectivity index (χ1n) is 10.3. The quantitative estimate of drug-likeness (QED) is 0.317. The summed E-state index contributed by atoms with van der Waals surface area (Å²) in [6.45, 7) is 0.406. The highest BCUT2D eigenvalue weighted by Gasteiger charge is 2.18. The second-order valence-electron chi connectivity index (χ2n) is 7.54. The standard InChI is InChI=1S/C25H22ClFN4OS/c1-30(16-19-7-11-21(27)12-8-19)24(32)17-33-25-29-28-23(15-18-5-3-2-4-6-18)31(25)22-13-9-20(26)10-14-22/h2-14H,15-17H2,1H3. The van der Waals surface area contributed by atoms with Gasteiger partial charge < -0.3 is 4.90 Å². The molecular formula is C25H22ClFN4OS. The van der Waals surface area contributed by atoms with Crippen LogP contribution < -0.4 is 0 Å². The van der Waals surface area contributed by atoms with Gasteiger partial charge in [-0.1, -0.05) is 65.8 Å². The van der Waals surface area contributed by atoms with E-state index in [0.29, 0.717) is 23.1 Å². The Morgan fingerprint density at radius 1 is 0.970 bits per heavy atom. The van der Waals surface area contributed by atoms with Gasteiger partial charge in [0.15, 0.2) is 5.16 Å². The highest BCUT2D eigenvalue weighted by molar-refractivity contribution is 7.99. The topological polar surface area (TPSA) is 51.0 Å².